The van der Waals surface area contributed by atoms with E-state index >= 15 is 0 Å². The highest BCUT2D eigenvalue weighted by Crippen LogP contribution is 2.07. The number of carbonyl (C=O) groups excluding carboxylic acids is 1. The molecule has 15 heavy (non-hydrogen) atoms. The standard InChI is InChI=1S/C11H24N2O2/c1-8(2)10(12)6-11(14)13(4)9(3)7-15-5/h8-10H,6-7,12H2,1-5H3. The molecule has 0 aromatic rings. The summed E-state index contributed by atoms with van der Waals surface area (Å²) in [5.74, 6) is 0.417. The number of amides is 1. The summed E-state index contributed by atoms with van der Waals surface area (Å²) in [6, 6.07) is 0.0385. The average Bonchev–Trinajstić information content (AvgIpc) is 2.16. The molecule has 0 radical (unpaired) electrons. The SMILES string of the molecule is COCC(C)N(C)C(=O)CC(N)C(C)C. The lowest BCUT2D eigenvalue weighted by Crippen LogP contribution is -2.41. The number of methoxy groups -OCH3 is 1. The van der Waals surface area contributed by atoms with Crippen LogP contribution in [0, 0.1) is 5.92 Å². The van der Waals surface area contributed by atoms with E-state index < -0.39 is 0 Å². The fourth-order valence-electron chi connectivity index (χ4n) is 1.18. The summed E-state index contributed by atoms with van der Waals surface area (Å²) >= 11 is 0. The van der Waals surface area contributed by atoms with E-state index in [4.69, 9.17) is 10.5 Å². The molecule has 0 rings (SSSR count). The monoisotopic (exact) mass is 216 g/mol. The molecule has 0 bridgehead atoms. The maximum Gasteiger partial charge on any atom is 0.224 e. The third kappa shape index (κ3) is 5.14. The van der Waals surface area contributed by atoms with E-state index in [0.29, 0.717) is 18.9 Å². The van der Waals surface area contributed by atoms with Crippen molar-refractivity contribution in [3.8, 4) is 0 Å². The summed E-state index contributed by atoms with van der Waals surface area (Å²) < 4.78 is 5.00. The zero-order valence-corrected chi connectivity index (χ0v) is 10.5. The molecular weight excluding hydrogens is 192 g/mol. The molecule has 4 heteroatoms. The minimum absolute atomic E-state index is 0.0605. The Morgan fingerprint density at radius 3 is 2.33 bits per heavy atom. The van der Waals surface area contributed by atoms with Crippen LogP contribution in [0.4, 0.5) is 0 Å². The van der Waals surface area contributed by atoms with Gasteiger partial charge in [-0.15, -0.1) is 0 Å². The van der Waals surface area contributed by atoms with Crippen LogP contribution >= 0.6 is 0 Å². The lowest BCUT2D eigenvalue weighted by Gasteiger charge is -2.26. The Morgan fingerprint density at radius 2 is 1.93 bits per heavy atom. The molecule has 0 saturated heterocycles. The highest BCUT2D eigenvalue weighted by molar-refractivity contribution is 5.76. The number of likely N-dealkylation sites (N-methyl/N-ethyl adjacent to an activating group) is 1. The molecule has 0 saturated carbocycles. The lowest BCUT2D eigenvalue weighted by molar-refractivity contribution is -0.133. The molecule has 0 aliphatic heterocycles. The van der Waals surface area contributed by atoms with Gasteiger partial charge in [-0.2, -0.15) is 0 Å². The fraction of sp³-hybridized carbons (Fsp3) is 0.909. The van der Waals surface area contributed by atoms with Crippen molar-refractivity contribution in [3.05, 3.63) is 0 Å². The number of rotatable bonds is 6. The number of hydrogen-bond donors (Lipinski definition) is 1. The molecule has 2 atom stereocenters. The van der Waals surface area contributed by atoms with Crippen molar-refractivity contribution < 1.29 is 9.53 Å². The van der Waals surface area contributed by atoms with Crippen LogP contribution in [0.5, 0.6) is 0 Å². The van der Waals surface area contributed by atoms with Gasteiger partial charge in [0.15, 0.2) is 0 Å². The van der Waals surface area contributed by atoms with Crippen molar-refractivity contribution >= 4 is 5.91 Å². The van der Waals surface area contributed by atoms with Crippen LogP contribution in [0.3, 0.4) is 0 Å². The van der Waals surface area contributed by atoms with Crippen molar-refractivity contribution in [2.45, 2.75) is 39.3 Å². The molecule has 4 nitrogen and oxygen atoms in total. The molecule has 0 aromatic carbocycles. The van der Waals surface area contributed by atoms with Crippen molar-refractivity contribution in [1.82, 2.24) is 4.90 Å². The van der Waals surface area contributed by atoms with Crippen LogP contribution in [0.1, 0.15) is 27.2 Å². The van der Waals surface area contributed by atoms with Gasteiger partial charge in [-0.25, -0.2) is 0 Å². The van der Waals surface area contributed by atoms with Crippen LogP contribution in [-0.4, -0.2) is 43.7 Å². The van der Waals surface area contributed by atoms with Gasteiger partial charge < -0.3 is 15.4 Å². The Balaban J connectivity index is 4.09. The van der Waals surface area contributed by atoms with Crippen LogP contribution in [0.2, 0.25) is 0 Å². The Bertz CT molecular complexity index is 195. The number of ether oxygens (including phenoxy) is 1. The topological polar surface area (TPSA) is 55.6 Å². The molecule has 1 amide bonds. The molecule has 0 fully saturated rings. The van der Waals surface area contributed by atoms with Gasteiger partial charge in [-0.3, -0.25) is 4.79 Å². The van der Waals surface area contributed by atoms with Gasteiger partial charge in [0.1, 0.15) is 0 Å². The zero-order valence-electron chi connectivity index (χ0n) is 10.5. The summed E-state index contributed by atoms with van der Waals surface area (Å²) in [5.41, 5.74) is 5.85. The molecule has 0 aromatic heterocycles. The minimum atomic E-state index is -0.0605. The maximum absolute atomic E-state index is 11.8. The summed E-state index contributed by atoms with van der Waals surface area (Å²) in [6.45, 7) is 6.56. The first kappa shape index (κ1) is 14.4. The highest BCUT2D eigenvalue weighted by Gasteiger charge is 2.19. The van der Waals surface area contributed by atoms with E-state index in [9.17, 15) is 4.79 Å². The first-order chi connectivity index (χ1) is 6.90. The second-order valence-electron chi connectivity index (χ2n) is 4.42. The normalized spacial score (nSPS) is 15.1. The second kappa shape index (κ2) is 6.80. The summed E-state index contributed by atoms with van der Waals surface area (Å²) in [7, 11) is 3.42. The molecule has 2 N–H and O–H groups in total. The van der Waals surface area contributed by atoms with Crippen molar-refractivity contribution in [3.63, 3.8) is 0 Å². The molecule has 0 aliphatic rings. The van der Waals surface area contributed by atoms with E-state index in [1.165, 1.54) is 0 Å². The van der Waals surface area contributed by atoms with Gasteiger partial charge in [0, 0.05) is 26.6 Å². The van der Waals surface area contributed by atoms with E-state index in [2.05, 4.69) is 0 Å². The Morgan fingerprint density at radius 1 is 1.40 bits per heavy atom. The third-order valence-corrected chi connectivity index (χ3v) is 2.73. The Hall–Kier alpha value is -0.610. The molecule has 0 heterocycles. The number of hydrogen-bond acceptors (Lipinski definition) is 3. The summed E-state index contributed by atoms with van der Waals surface area (Å²) in [4.78, 5) is 13.5. The van der Waals surface area contributed by atoms with Gasteiger partial charge in [-0.1, -0.05) is 13.8 Å². The van der Waals surface area contributed by atoms with Gasteiger partial charge >= 0.3 is 0 Å². The minimum Gasteiger partial charge on any atom is -0.383 e. The molecule has 2 unspecified atom stereocenters. The number of carbonyl (C=O) groups is 1. The van der Waals surface area contributed by atoms with Crippen LogP contribution in [-0.2, 0) is 9.53 Å². The Kier molecular flexibility index (Phi) is 6.52. The second-order valence-corrected chi connectivity index (χ2v) is 4.42. The smallest absolute Gasteiger partial charge is 0.224 e. The van der Waals surface area contributed by atoms with Crippen molar-refractivity contribution in [1.29, 1.82) is 0 Å². The predicted octanol–water partition coefficient (Wildman–Crippen LogP) is 0.853. The van der Waals surface area contributed by atoms with E-state index in [-0.39, 0.29) is 18.0 Å². The van der Waals surface area contributed by atoms with E-state index in [1.807, 2.05) is 20.8 Å². The first-order valence-electron chi connectivity index (χ1n) is 5.40. The van der Waals surface area contributed by atoms with Crippen LogP contribution < -0.4 is 5.73 Å². The molecule has 0 spiro atoms. The van der Waals surface area contributed by atoms with E-state index in [0.717, 1.165) is 0 Å². The van der Waals surface area contributed by atoms with Crippen LogP contribution in [0.15, 0.2) is 0 Å². The van der Waals surface area contributed by atoms with Crippen LogP contribution in [0.25, 0.3) is 0 Å². The average molecular weight is 216 g/mol. The van der Waals surface area contributed by atoms with Crippen molar-refractivity contribution in [2.24, 2.45) is 11.7 Å². The lowest BCUT2D eigenvalue weighted by atomic mass is 10.0. The summed E-state index contributed by atoms with van der Waals surface area (Å²) in [5, 5.41) is 0. The molecular formula is C11H24N2O2. The number of nitrogens with zero attached hydrogens (tertiary/aromatic N) is 1. The zero-order chi connectivity index (χ0) is 12.0. The van der Waals surface area contributed by atoms with Crippen molar-refractivity contribution in [2.75, 3.05) is 20.8 Å². The largest absolute Gasteiger partial charge is 0.383 e. The van der Waals surface area contributed by atoms with E-state index in [1.54, 1.807) is 19.1 Å². The van der Waals surface area contributed by atoms with Gasteiger partial charge in [0.05, 0.1) is 12.6 Å². The fourth-order valence-corrected chi connectivity index (χ4v) is 1.18. The molecule has 0 aliphatic carbocycles. The van der Waals surface area contributed by atoms with Gasteiger partial charge in [-0.05, 0) is 12.8 Å². The third-order valence-electron chi connectivity index (χ3n) is 2.73. The van der Waals surface area contributed by atoms with Gasteiger partial charge in [0.25, 0.3) is 0 Å². The van der Waals surface area contributed by atoms with Gasteiger partial charge in [0.2, 0.25) is 5.91 Å². The quantitative estimate of drug-likeness (QED) is 0.716. The number of nitrogens with two attached hydrogens (primary N) is 1. The summed E-state index contributed by atoms with van der Waals surface area (Å²) in [6.07, 6.45) is 0.405. The highest BCUT2D eigenvalue weighted by atomic mass is 16.5. The Labute approximate surface area is 92.8 Å². The predicted molar refractivity (Wildman–Crippen MR) is 61.5 cm³/mol. The molecule has 90 valence electrons. The maximum atomic E-state index is 11.8. The first-order valence-corrected chi connectivity index (χ1v) is 5.40.